The van der Waals surface area contributed by atoms with Gasteiger partial charge in [0.15, 0.2) is 0 Å². The summed E-state index contributed by atoms with van der Waals surface area (Å²) in [5.41, 5.74) is 2.39. The maximum absolute atomic E-state index is 11.2. The number of rotatable bonds is 1. The quantitative estimate of drug-likeness (QED) is 0.653. The molecule has 1 aliphatic rings. The first-order valence-corrected chi connectivity index (χ1v) is 4.75. The number of aromatic nitrogens is 2. The van der Waals surface area contributed by atoms with Crippen LogP contribution in [-0.2, 0) is 17.6 Å². The molecule has 1 aliphatic carbocycles. The second-order valence-electron chi connectivity index (χ2n) is 3.87. The minimum atomic E-state index is 0.343. The van der Waals surface area contributed by atoms with Crippen molar-refractivity contribution in [2.45, 2.75) is 39.2 Å². The summed E-state index contributed by atoms with van der Waals surface area (Å²) in [5, 5.41) is 4.30. The number of hydrogen-bond donors (Lipinski definition) is 0. The molecule has 0 radical (unpaired) electrons. The van der Waals surface area contributed by atoms with Crippen LogP contribution in [0, 0.1) is 0 Å². The van der Waals surface area contributed by atoms with Crippen molar-refractivity contribution in [3.05, 3.63) is 17.5 Å². The van der Waals surface area contributed by atoms with E-state index in [1.54, 1.807) is 0 Å². The zero-order valence-electron chi connectivity index (χ0n) is 8.08. The van der Waals surface area contributed by atoms with E-state index in [9.17, 15) is 4.79 Å². The van der Waals surface area contributed by atoms with Crippen LogP contribution in [0.1, 0.15) is 37.6 Å². The number of carbonyl (C=O) groups excluding carboxylic acids is 1. The smallest absolute Gasteiger partial charge is 0.137 e. The van der Waals surface area contributed by atoms with Crippen LogP contribution in [0.4, 0.5) is 0 Å². The van der Waals surface area contributed by atoms with Gasteiger partial charge < -0.3 is 0 Å². The highest BCUT2D eigenvalue weighted by atomic mass is 16.1. The molecular weight excluding hydrogens is 164 g/mol. The van der Waals surface area contributed by atoms with Gasteiger partial charge in [-0.1, -0.05) is 0 Å². The van der Waals surface area contributed by atoms with Gasteiger partial charge in [-0.2, -0.15) is 5.10 Å². The summed E-state index contributed by atoms with van der Waals surface area (Å²) in [6.45, 7) is 4.23. The molecule has 3 nitrogen and oxygen atoms in total. The highest BCUT2D eigenvalue weighted by Crippen LogP contribution is 2.21. The molecule has 0 aliphatic heterocycles. The summed E-state index contributed by atoms with van der Waals surface area (Å²) in [6, 6.07) is 0.400. The van der Waals surface area contributed by atoms with E-state index in [0.717, 1.165) is 12.0 Å². The fourth-order valence-electron chi connectivity index (χ4n) is 1.85. The van der Waals surface area contributed by atoms with E-state index in [1.807, 2.05) is 10.9 Å². The van der Waals surface area contributed by atoms with Gasteiger partial charge in [-0.3, -0.25) is 9.48 Å². The number of hydrogen-bond acceptors (Lipinski definition) is 2. The van der Waals surface area contributed by atoms with Crippen molar-refractivity contribution in [1.82, 2.24) is 9.78 Å². The maximum Gasteiger partial charge on any atom is 0.137 e. The molecule has 1 aromatic rings. The first-order chi connectivity index (χ1) is 6.18. The third kappa shape index (κ3) is 1.39. The van der Waals surface area contributed by atoms with E-state index in [1.165, 1.54) is 5.69 Å². The summed E-state index contributed by atoms with van der Waals surface area (Å²) in [7, 11) is 0. The molecule has 1 heterocycles. The molecule has 13 heavy (non-hydrogen) atoms. The molecule has 0 amide bonds. The summed E-state index contributed by atoms with van der Waals surface area (Å²) >= 11 is 0. The molecule has 70 valence electrons. The number of nitrogens with zero attached hydrogens (tertiary/aromatic N) is 2. The van der Waals surface area contributed by atoms with Crippen LogP contribution in [0.15, 0.2) is 6.20 Å². The minimum absolute atomic E-state index is 0.343. The monoisotopic (exact) mass is 178 g/mol. The summed E-state index contributed by atoms with van der Waals surface area (Å²) in [5.74, 6) is 0.343. The van der Waals surface area contributed by atoms with E-state index in [0.29, 0.717) is 24.7 Å². The van der Waals surface area contributed by atoms with Gasteiger partial charge in [0.2, 0.25) is 0 Å². The van der Waals surface area contributed by atoms with Crippen LogP contribution >= 0.6 is 0 Å². The molecular formula is C10H14N2O. The van der Waals surface area contributed by atoms with E-state index in [-0.39, 0.29) is 0 Å². The fourth-order valence-corrected chi connectivity index (χ4v) is 1.85. The standard InChI is InChI=1S/C10H14N2O/c1-7(2)12-10-4-3-9(13)5-8(10)6-11-12/h6-7H,3-5H2,1-2H3. The lowest BCUT2D eigenvalue weighted by atomic mass is 9.97. The van der Waals surface area contributed by atoms with Crippen molar-refractivity contribution < 1.29 is 4.79 Å². The van der Waals surface area contributed by atoms with Crippen molar-refractivity contribution in [3.63, 3.8) is 0 Å². The SMILES string of the molecule is CC(C)n1ncc2c1CCC(=O)C2. The largest absolute Gasteiger partial charge is 0.299 e. The van der Waals surface area contributed by atoms with Crippen LogP contribution in [0.5, 0.6) is 0 Å². The molecule has 2 rings (SSSR count). The third-order valence-corrected chi connectivity index (χ3v) is 2.50. The summed E-state index contributed by atoms with van der Waals surface area (Å²) in [6.07, 6.45) is 3.98. The topological polar surface area (TPSA) is 34.9 Å². The molecule has 0 atom stereocenters. The van der Waals surface area contributed by atoms with Crippen LogP contribution in [-0.4, -0.2) is 15.6 Å². The Kier molecular flexibility index (Phi) is 1.94. The molecule has 0 saturated heterocycles. The Morgan fingerprint density at radius 3 is 2.92 bits per heavy atom. The van der Waals surface area contributed by atoms with E-state index < -0.39 is 0 Å². The zero-order chi connectivity index (χ0) is 9.42. The predicted octanol–water partition coefficient (Wildman–Crippen LogP) is 1.52. The molecule has 1 aromatic heterocycles. The van der Waals surface area contributed by atoms with Gasteiger partial charge in [-0.05, 0) is 20.3 Å². The Morgan fingerprint density at radius 2 is 2.23 bits per heavy atom. The molecule has 0 saturated carbocycles. The zero-order valence-corrected chi connectivity index (χ0v) is 8.08. The van der Waals surface area contributed by atoms with Crippen molar-refractivity contribution in [2.24, 2.45) is 0 Å². The number of fused-ring (bicyclic) bond motifs is 1. The first-order valence-electron chi connectivity index (χ1n) is 4.75. The number of Topliss-reactive ketones (excluding diaryl/α,β-unsaturated/α-hetero) is 1. The third-order valence-electron chi connectivity index (χ3n) is 2.50. The average Bonchev–Trinajstić information content (AvgIpc) is 2.46. The van der Waals surface area contributed by atoms with Gasteiger partial charge in [0.05, 0.1) is 6.20 Å². The number of carbonyl (C=O) groups is 1. The Bertz CT molecular complexity index is 339. The Balaban J connectivity index is 2.38. The normalized spacial score (nSPS) is 16.4. The van der Waals surface area contributed by atoms with Crippen LogP contribution in [0.25, 0.3) is 0 Å². The van der Waals surface area contributed by atoms with E-state index in [4.69, 9.17) is 0 Å². The highest BCUT2D eigenvalue weighted by Gasteiger charge is 2.20. The van der Waals surface area contributed by atoms with Crippen LogP contribution < -0.4 is 0 Å². The van der Waals surface area contributed by atoms with Gasteiger partial charge >= 0.3 is 0 Å². The molecule has 0 N–H and O–H groups in total. The lowest BCUT2D eigenvalue weighted by Crippen LogP contribution is -2.16. The average molecular weight is 178 g/mol. The van der Waals surface area contributed by atoms with Crippen molar-refractivity contribution >= 4 is 5.78 Å². The van der Waals surface area contributed by atoms with E-state index in [2.05, 4.69) is 18.9 Å². The van der Waals surface area contributed by atoms with Gasteiger partial charge in [-0.25, -0.2) is 0 Å². The minimum Gasteiger partial charge on any atom is -0.299 e. The lowest BCUT2D eigenvalue weighted by molar-refractivity contribution is -0.118. The first kappa shape index (κ1) is 8.48. The van der Waals surface area contributed by atoms with Crippen molar-refractivity contribution in [2.75, 3.05) is 0 Å². The molecule has 0 fully saturated rings. The highest BCUT2D eigenvalue weighted by molar-refractivity contribution is 5.82. The van der Waals surface area contributed by atoms with Crippen molar-refractivity contribution in [3.8, 4) is 0 Å². The molecule has 0 aromatic carbocycles. The molecule has 0 spiro atoms. The van der Waals surface area contributed by atoms with Gasteiger partial charge in [0.25, 0.3) is 0 Å². The van der Waals surface area contributed by atoms with E-state index >= 15 is 0 Å². The van der Waals surface area contributed by atoms with Gasteiger partial charge in [0.1, 0.15) is 5.78 Å². The van der Waals surface area contributed by atoms with Crippen molar-refractivity contribution in [1.29, 1.82) is 0 Å². The lowest BCUT2D eigenvalue weighted by Gasteiger charge is -2.15. The van der Waals surface area contributed by atoms with Crippen LogP contribution in [0.2, 0.25) is 0 Å². The fraction of sp³-hybridized carbons (Fsp3) is 0.600. The van der Waals surface area contributed by atoms with Crippen LogP contribution in [0.3, 0.4) is 0 Å². The molecule has 0 unspecified atom stereocenters. The Hall–Kier alpha value is -1.12. The Labute approximate surface area is 77.7 Å². The predicted molar refractivity (Wildman–Crippen MR) is 49.6 cm³/mol. The maximum atomic E-state index is 11.2. The molecule has 0 bridgehead atoms. The summed E-state index contributed by atoms with van der Waals surface area (Å²) < 4.78 is 2.03. The van der Waals surface area contributed by atoms with Gasteiger partial charge in [0, 0.05) is 30.1 Å². The number of ketones is 1. The second kappa shape index (κ2) is 2.98. The Morgan fingerprint density at radius 1 is 1.46 bits per heavy atom. The molecule has 3 heteroatoms. The summed E-state index contributed by atoms with van der Waals surface area (Å²) in [4.78, 5) is 11.2. The second-order valence-corrected chi connectivity index (χ2v) is 3.87. The van der Waals surface area contributed by atoms with Gasteiger partial charge in [-0.15, -0.1) is 0 Å².